The second-order valence-electron chi connectivity index (χ2n) is 5.21. The highest BCUT2D eigenvalue weighted by Gasteiger charge is 2.30. The molecule has 0 amide bonds. The van der Waals surface area contributed by atoms with Crippen LogP contribution in [0.15, 0.2) is 24.3 Å². The third kappa shape index (κ3) is 3.71. The first-order valence-electron chi connectivity index (χ1n) is 6.95. The van der Waals surface area contributed by atoms with Crippen LogP contribution in [-0.4, -0.2) is 45.2 Å². The van der Waals surface area contributed by atoms with Crippen molar-refractivity contribution in [2.45, 2.75) is 25.4 Å². The molecule has 112 valence electrons. The fraction of sp³-hybridized carbons (Fsp3) is 0.571. The molecule has 1 atom stereocenters. The zero-order valence-corrected chi connectivity index (χ0v) is 12.9. The molecule has 1 aromatic rings. The van der Waals surface area contributed by atoms with Crippen molar-refractivity contribution < 1.29 is 8.42 Å². The fourth-order valence-electron chi connectivity index (χ4n) is 2.74. The third-order valence-corrected chi connectivity index (χ3v) is 5.06. The lowest BCUT2D eigenvalue weighted by molar-refractivity contribution is 0.374. The highest BCUT2D eigenvalue weighted by molar-refractivity contribution is 7.88. The van der Waals surface area contributed by atoms with E-state index in [2.05, 4.69) is 16.7 Å². The van der Waals surface area contributed by atoms with Gasteiger partial charge in [-0.2, -0.15) is 4.31 Å². The highest BCUT2D eigenvalue weighted by Crippen LogP contribution is 2.20. The van der Waals surface area contributed by atoms with Crippen LogP contribution in [0.3, 0.4) is 0 Å². The number of nitrogens with one attached hydrogen (secondary N) is 2. The van der Waals surface area contributed by atoms with Gasteiger partial charge >= 0.3 is 0 Å². The molecule has 5 nitrogen and oxygen atoms in total. The fourth-order valence-corrected chi connectivity index (χ4v) is 3.92. The molecule has 0 spiro atoms. The number of anilines is 1. The van der Waals surface area contributed by atoms with Crippen LogP contribution in [0.4, 0.5) is 5.69 Å². The number of sulfonamides is 1. The van der Waals surface area contributed by atoms with Crippen LogP contribution >= 0.6 is 0 Å². The Balaban J connectivity index is 1.90. The van der Waals surface area contributed by atoms with Gasteiger partial charge in [-0.25, -0.2) is 8.42 Å². The molecule has 2 rings (SSSR count). The summed E-state index contributed by atoms with van der Waals surface area (Å²) >= 11 is 0. The number of hydrogen-bond acceptors (Lipinski definition) is 4. The Morgan fingerprint density at radius 3 is 2.80 bits per heavy atom. The minimum atomic E-state index is -3.08. The van der Waals surface area contributed by atoms with E-state index in [0.29, 0.717) is 13.1 Å². The third-order valence-electron chi connectivity index (χ3n) is 3.73. The molecular weight excluding hydrogens is 274 g/mol. The maximum atomic E-state index is 11.7. The lowest BCUT2D eigenvalue weighted by atomic mass is 10.1. The van der Waals surface area contributed by atoms with E-state index in [9.17, 15) is 8.42 Å². The topological polar surface area (TPSA) is 61.4 Å². The lowest BCUT2D eigenvalue weighted by Crippen LogP contribution is -2.40. The number of hydrogen-bond donors (Lipinski definition) is 2. The Hall–Kier alpha value is -1.11. The van der Waals surface area contributed by atoms with Gasteiger partial charge in [0.25, 0.3) is 0 Å². The molecule has 0 saturated carbocycles. The average molecular weight is 297 g/mol. The van der Waals surface area contributed by atoms with Gasteiger partial charge in [-0.3, -0.25) is 0 Å². The molecular formula is C14H23N3O2S. The Morgan fingerprint density at radius 1 is 1.35 bits per heavy atom. The van der Waals surface area contributed by atoms with Crippen LogP contribution < -0.4 is 10.6 Å². The molecule has 1 heterocycles. The highest BCUT2D eigenvalue weighted by atomic mass is 32.2. The number of para-hydroxylation sites is 1. The van der Waals surface area contributed by atoms with Crippen molar-refractivity contribution in [2.24, 2.45) is 0 Å². The minimum Gasteiger partial charge on any atom is -0.388 e. The number of rotatable bonds is 6. The second kappa shape index (κ2) is 6.56. The summed E-state index contributed by atoms with van der Waals surface area (Å²) < 4.78 is 24.9. The molecule has 0 bridgehead atoms. The SMILES string of the molecule is CNc1ccccc1CNC[C@H]1CCCN1S(C)(=O)=O. The molecule has 6 heteroatoms. The van der Waals surface area contributed by atoms with Gasteiger partial charge in [0.15, 0.2) is 0 Å². The van der Waals surface area contributed by atoms with Gasteiger partial charge in [0.1, 0.15) is 0 Å². The number of nitrogens with zero attached hydrogens (tertiary/aromatic N) is 1. The van der Waals surface area contributed by atoms with Crippen molar-refractivity contribution in [1.29, 1.82) is 0 Å². The van der Waals surface area contributed by atoms with Gasteiger partial charge < -0.3 is 10.6 Å². The van der Waals surface area contributed by atoms with E-state index in [1.54, 1.807) is 4.31 Å². The standard InChI is InChI=1S/C14H23N3O2S/c1-15-14-8-4-3-6-12(14)10-16-11-13-7-5-9-17(13)20(2,18)19/h3-4,6,8,13,15-16H,5,7,9-11H2,1-2H3/t13-/m1/s1. The van der Waals surface area contributed by atoms with Crippen LogP contribution in [0.2, 0.25) is 0 Å². The van der Waals surface area contributed by atoms with Crippen LogP contribution in [0.25, 0.3) is 0 Å². The van der Waals surface area contributed by atoms with E-state index in [0.717, 1.165) is 25.1 Å². The van der Waals surface area contributed by atoms with Crippen molar-refractivity contribution in [2.75, 3.05) is 31.7 Å². The molecule has 20 heavy (non-hydrogen) atoms. The van der Waals surface area contributed by atoms with Crippen LogP contribution in [0.5, 0.6) is 0 Å². The molecule has 0 aromatic heterocycles. The van der Waals surface area contributed by atoms with Crippen LogP contribution in [0.1, 0.15) is 18.4 Å². The van der Waals surface area contributed by atoms with Crippen molar-refractivity contribution in [1.82, 2.24) is 9.62 Å². The van der Waals surface area contributed by atoms with Gasteiger partial charge in [0.05, 0.1) is 6.26 Å². The monoisotopic (exact) mass is 297 g/mol. The lowest BCUT2D eigenvalue weighted by Gasteiger charge is -2.22. The second-order valence-corrected chi connectivity index (χ2v) is 7.14. The summed E-state index contributed by atoms with van der Waals surface area (Å²) in [7, 11) is -1.17. The van der Waals surface area contributed by atoms with Crippen molar-refractivity contribution in [3.8, 4) is 0 Å². The maximum Gasteiger partial charge on any atom is 0.211 e. The molecule has 1 aromatic carbocycles. The smallest absolute Gasteiger partial charge is 0.211 e. The largest absolute Gasteiger partial charge is 0.388 e. The average Bonchev–Trinajstić information content (AvgIpc) is 2.88. The summed E-state index contributed by atoms with van der Waals surface area (Å²) in [5.41, 5.74) is 2.30. The Kier molecular flexibility index (Phi) is 5.01. The predicted molar refractivity (Wildman–Crippen MR) is 82.3 cm³/mol. The summed E-state index contributed by atoms with van der Waals surface area (Å²) in [6, 6.07) is 8.21. The van der Waals surface area contributed by atoms with E-state index in [4.69, 9.17) is 0 Å². The predicted octanol–water partition coefficient (Wildman–Crippen LogP) is 1.24. The molecule has 0 aliphatic carbocycles. The first-order chi connectivity index (χ1) is 9.52. The summed E-state index contributed by atoms with van der Waals surface area (Å²) in [6.07, 6.45) is 3.18. The quantitative estimate of drug-likeness (QED) is 0.829. The van der Waals surface area contributed by atoms with Gasteiger partial charge in [-0.1, -0.05) is 18.2 Å². The van der Waals surface area contributed by atoms with Gasteiger partial charge in [-0.05, 0) is 24.5 Å². The Bertz CT molecular complexity index is 545. The molecule has 0 radical (unpaired) electrons. The normalized spacial score (nSPS) is 20.2. The molecule has 1 fully saturated rings. The van der Waals surface area contributed by atoms with E-state index < -0.39 is 10.0 Å². The molecule has 1 aliphatic rings. The van der Waals surface area contributed by atoms with Crippen molar-refractivity contribution in [3.63, 3.8) is 0 Å². The van der Waals surface area contributed by atoms with Crippen LogP contribution in [-0.2, 0) is 16.6 Å². The minimum absolute atomic E-state index is 0.0896. The first-order valence-corrected chi connectivity index (χ1v) is 8.80. The van der Waals surface area contributed by atoms with Gasteiger partial charge in [0.2, 0.25) is 10.0 Å². The van der Waals surface area contributed by atoms with E-state index in [1.807, 2.05) is 25.2 Å². The Labute approximate surface area is 121 Å². The van der Waals surface area contributed by atoms with E-state index >= 15 is 0 Å². The summed E-state index contributed by atoms with van der Waals surface area (Å²) in [5, 5.41) is 6.54. The maximum absolute atomic E-state index is 11.7. The zero-order valence-electron chi connectivity index (χ0n) is 12.1. The van der Waals surface area contributed by atoms with Crippen molar-refractivity contribution >= 4 is 15.7 Å². The molecule has 2 N–H and O–H groups in total. The molecule has 0 unspecified atom stereocenters. The van der Waals surface area contributed by atoms with Gasteiger partial charge in [0, 0.05) is 38.4 Å². The van der Waals surface area contributed by atoms with E-state index in [1.165, 1.54) is 11.8 Å². The Morgan fingerprint density at radius 2 is 2.10 bits per heavy atom. The van der Waals surface area contributed by atoms with Crippen molar-refractivity contribution in [3.05, 3.63) is 29.8 Å². The summed E-state index contributed by atoms with van der Waals surface area (Å²) in [6.45, 7) is 2.09. The molecule has 1 saturated heterocycles. The first kappa shape index (κ1) is 15.3. The number of benzene rings is 1. The summed E-state index contributed by atoms with van der Waals surface area (Å²) in [5.74, 6) is 0. The summed E-state index contributed by atoms with van der Waals surface area (Å²) in [4.78, 5) is 0. The van der Waals surface area contributed by atoms with Crippen LogP contribution in [0, 0.1) is 0 Å². The zero-order chi connectivity index (χ0) is 14.6. The molecule has 1 aliphatic heterocycles. The van der Waals surface area contributed by atoms with E-state index in [-0.39, 0.29) is 6.04 Å². The van der Waals surface area contributed by atoms with Gasteiger partial charge in [-0.15, -0.1) is 0 Å².